The van der Waals surface area contributed by atoms with Crippen LogP contribution in [0.1, 0.15) is 0 Å². The van der Waals surface area contributed by atoms with Gasteiger partial charge in [0.05, 0.1) is 0 Å². The zero-order valence-corrected chi connectivity index (χ0v) is 7.64. The van der Waals surface area contributed by atoms with Crippen LogP contribution in [-0.2, 0) is 0 Å². The molecule has 2 rings (SSSR count). The van der Waals surface area contributed by atoms with Gasteiger partial charge in [-0.15, -0.1) is 0 Å². The van der Waals surface area contributed by atoms with Gasteiger partial charge in [-0.05, 0) is 12.1 Å². The van der Waals surface area contributed by atoms with Gasteiger partial charge in [0.25, 0.3) is 0 Å². The van der Waals surface area contributed by atoms with E-state index in [0.717, 1.165) is 10.3 Å². The molecular formula is C7H5BrN4. The van der Waals surface area contributed by atoms with Crippen LogP contribution >= 0.6 is 15.9 Å². The maximum absolute atomic E-state index is 4.11. The SMILES string of the molecule is Brc1ccnc(-n2cncn2)c1. The average molecular weight is 225 g/mol. The van der Waals surface area contributed by atoms with E-state index in [1.54, 1.807) is 17.2 Å². The molecule has 0 saturated carbocycles. The van der Waals surface area contributed by atoms with E-state index >= 15 is 0 Å². The Balaban J connectivity index is 2.48. The van der Waals surface area contributed by atoms with E-state index < -0.39 is 0 Å². The summed E-state index contributed by atoms with van der Waals surface area (Å²) >= 11 is 3.35. The predicted molar refractivity (Wildman–Crippen MR) is 46.9 cm³/mol. The van der Waals surface area contributed by atoms with E-state index in [0.29, 0.717) is 0 Å². The molecule has 0 aliphatic rings. The summed E-state index contributed by atoms with van der Waals surface area (Å²) in [6.07, 6.45) is 4.79. The molecule has 0 N–H and O–H groups in total. The Labute approximate surface area is 77.4 Å². The molecule has 2 aromatic rings. The van der Waals surface area contributed by atoms with Gasteiger partial charge in [-0.3, -0.25) is 0 Å². The normalized spacial score (nSPS) is 10.1. The standard InChI is InChI=1S/C7H5BrN4/c8-6-1-2-10-7(3-6)12-5-9-4-11-12/h1-5H. The summed E-state index contributed by atoms with van der Waals surface area (Å²) in [4.78, 5) is 7.94. The highest BCUT2D eigenvalue weighted by molar-refractivity contribution is 9.10. The van der Waals surface area contributed by atoms with E-state index in [2.05, 4.69) is 31.0 Å². The molecule has 60 valence electrons. The topological polar surface area (TPSA) is 43.6 Å². The van der Waals surface area contributed by atoms with Crippen LogP contribution in [0.3, 0.4) is 0 Å². The van der Waals surface area contributed by atoms with E-state index in [1.165, 1.54) is 6.33 Å². The lowest BCUT2D eigenvalue weighted by molar-refractivity contribution is 0.844. The van der Waals surface area contributed by atoms with Crippen molar-refractivity contribution >= 4 is 15.9 Å². The third-order valence-corrected chi connectivity index (χ3v) is 1.85. The fraction of sp³-hybridized carbons (Fsp3) is 0. The van der Waals surface area contributed by atoms with E-state index in [-0.39, 0.29) is 0 Å². The van der Waals surface area contributed by atoms with E-state index in [1.807, 2.05) is 12.1 Å². The van der Waals surface area contributed by atoms with Gasteiger partial charge < -0.3 is 0 Å². The Hall–Kier alpha value is -1.23. The van der Waals surface area contributed by atoms with Crippen molar-refractivity contribution in [3.63, 3.8) is 0 Å². The summed E-state index contributed by atoms with van der Waals surface area (Å²) in [5, 5.41) is 3.95. The first kappa shape index (κ1) is 7.42. The lowest BCUT2D eigenvalue weighted by Gasteiger charge is -1.97. The fourth-order valence-corrected chi connectivity index (χ4v) is 1.17. The van der Waals surface area contributed by atoms with E-state index in [4.69, 9.17) is 0 Å². The number of hydrogen-bond acceptors (Lipinski definition) is 3. The first-order chi connectivity index (χ1) is 5.86. The molecule has 0 spiro atoms. The summed E-state index contributed by atoms with van der Waals surface area (Å²) in [5.41, 5.74) is 0. The van der Waals surface area contributed by atoms with Gasteiger partial charge in [-0.25, -0.2) is 14.6 Å². The smallest absolute Gasteiger partial charge is 0.156 e. The van der Waals surface area contributed by atoms with Crippen LogP contribution < -0.4 is 0 Å². The minimum atomic E-state index is 0.752. The summed E-state index contributed by atoms with van der Waals surface area (Å²) in [6.45, 7) is 0. The van der Waals surface area contributed by atoms with Crippen molar-refractivity contribution < 1.29 is 0 Å². The number of rotatable bonds is 1. The van der Waals surface area contributed by atoms with Crippen molar-refractivity contribution in [2.24, 2.45) is 0 Å². The molecule has 0 aliphatic heterocycles. The van der Waals surface area contributed by atoms with Crippen molar-refractivity contribution in [2.75, 3.05) is 0 Å². The number of hydrogen-bond donors (Lipinski definition) is 0. The molecule has 2 aromatic heterocycles. The van der Waals surface area contributed by atoms with Crippen LogP contribution in [0.15, 0.2) is 35.5 Å². The number of aromatic nitrogens is 4. The van der Waals surface area contributed by atoms with Crippen LogP contribution in [0.4, 0.5) is 0 Å². The van der Waals surface area contributed by atoms with Gasteiger partial charge in [-0.1, -0.05) is 15.9 Å². The van der Waals surface area contributed by atoms with Crippen molar-refractivity contribution in [3.05, 3.63) is 35.5 Å². The van der Waals surface area contributed by atoms with E-state index in [9.17, 15) is 0 Å². The summed E-state index contributed by atoms with van der Waals surface area (Å²) in [7, 11) is 0. The molecule has 0 aromatic carbocycles. The van der Waals surface area contributed by atoms with Crippen LogP contribution in [0.2, 0.25) is 0 Å². The fourth-order valence-electron chi connectivity index (χ4n) is 0.845. The Kier molecular flexibility index (Phi) is 1.87. The maximum Gasteiger partial charge on any atom is 0.156 e. The van der Waals surface area contributed by atoms with Gasteiger partial charge in [0.15, 0.2) is 5.82 Å². The Morgan fingerprint density at radius 2 is 2.33 bits per heavy atom. The molecule has 5 heteroatoms. The summed E-state index contributed by atoms with van der Waals surface area (Å²) < 4.78 is 2.58. The molecule has 0 aliphatic carbocycles. The molecule has 12 heavy (non-hydrogen) atoms. The molecule has 0 fully saturated rings. The van der Waals surface area contributed by atoms with Crippen molar-refractivity contribution in [2.45, 2.75) is 0 Å². The Bertz CT molecular complexity index is 371. The second-order valence-corrected chi connectivity index (χ2v) is 3.09. The largest absolute Gasteiger partial charge is 0.237 e. The Morgan fingerprint density at radius 3 is 3.00 bits per heavy atom. The molecule has 0 bridgehead atoms. The Morgan fingerprint density at radius 1 is 1.42 bits per heavy atom. The second kappa shape index (κ2) is 3.02. The minimum Gasteiger partial charge on any atom is -0.237 e. The van der Waals surface area contributed by atoms with Crippen LogP contribution in [0.5, 0.6) is 0 Å². The minimum absolute atomic E-state index is 0.752. The average Bonchev–Trinajstić information content (AvgIpc) is 2.56. The molecular weight excluding hydrogens is 220 g/mol. The van der Waals surface area contributed by atoms with Gasteiger partial charge >= 0.3 is 0 Å². The molecule has 0 saturated heterocycles. The lowest BCUT2D eigenvalue weighted by Crippen LogP contribution is -1.96. The molecule has 0 amide bonds. The highest BCUT2D eigenvalue weighted by atomic mass is 79.9. The van der Waals surface area contributed by atoms with Gasteiger partial charge in [-0.2, -0.15) is 5.10 Å². The maximum atomic E-state index is 4.11. The van der Waals surface area contributed by atoms with Gasteiger partial charge in [0.2, 0.25) is 0 Å². The number of nitrogens with zero attached hydrogens (tertiary/aromatic N) is 4. The zero-order chi connectivity index (χ0) is 8.39. The zero-order valence-electron chi connectivity index (χ0n) is 6.05. The van der Waals surface area contributed by atoms with Crippen LogP contribution in [0, 0.1) is 0 Å². The van der Waals surface area contributed by atoms with Crippen LogP contribution in [-0.4, -0.2) is 19.7 Å². The molecule has 0 unspecified atom stereocenters. The molecule has 0 atom stereocenters. The van der Waals surface area contributed by atoms with Crippen molar-refractivity contribution in [3.8, 4) is 5.82 Å². The highest BCUT2D eigenvalue weighted by Crippen LogP contribution is 2.10. The van der Waals surface area contributed by atoms with Crippen molar-refractivity contribution in [1.29, 1.82) is 0 Å². The summed E-state index contributed by atoms with van der Waals surface area (Å²) in [6, 6.07) is 3.73. The predicted octanol–water partition coefficient (Wildman–Crippen LogP) is 1.42. The van der Waals surface area contributed by atoms with Crippen molar-refractivity contribution in [1.82, 2.24) is 19.7 Å². The lowest BCUT2D eigenvalue weighted by atomic mass is 10.5. The molecule has 2 heterocycles. The molecule has 4 nitrogen and oxygen atoms in total. The highest BCUT2D eigenvalue weighted by Gasteiger charge is 1.97. The monoisotopic (exact) mass is 224 g/mol. The van der Waals surface area contributed by atoms with Crippen LogP contribution in [0.25, 0.3) is 5.82 Å². The third-order valence-electron chi connectivity index (χ3n) is 1.36. The first-order valence-electron chi connectivity index (χ1n) is 3.33. The van der Waals surface area contributed by atoms with Gasteiger partial charge in [0, 0.05) is 10.7 Å². The van der Waals surface area contributed by atoms with Gasteiger partial charge in [0.1, 0.15) is 12.7 Å². The molecule has 0 radical (unpaired) electrons. The number of pyridine rings is 1. The first-order valence-corrected chi connectivity index (χ1v) is 4.12. The second-order valence-electron chi connectivity index (χ2n) is 2.17. The number of halogens is 1. The summed E-state index contributed by atoms with van der Waals surface area (Å²) in [5.74, 6) is 0.752. The quantitative estimate of drug-likeness (QED) is 0.737. The third kappa shape index (κ3) is 1.35.